The first-order valence-electron chi connectivity index (χ1n) is 5.96. The van der Waals surface area contributed by atoms with Crippen molar-refractivity contribution in [3.05, 3.63) is 27.8 Å². The lowest BCUT2D eigenvalue weighted by molar-refractivity contribution is -0.384. The van der Waals surface area contributed by atoms with Gasteiger partial charge in [0.15, 0.2) is 0 Å². The van der Waals surface area contributed by atoms with Gasteiger partial charge in [0.25, 0.3) is 5.69 Å². The molecule has 1 atom stereocenters. The molecule has 1 aliphatic rings. The number of nitrogens with one attached hydrogen (secondary N) is 2. The van der Waals surface area contributed by atoms with Crippen LogP contribution in [0.15, 0.2) is 12.1 Å². The van der Waals surface area contributed by atoms with Gasteiger partial charge in [-0.1, -0.05) is 0 Å². The van der Waals surface area contributed by atoms with Crippen molar-refractivity contribution >= 4 is 28.9 Å². The molecule has 0 radical (unpaired) electrons. The quantitative estimate of drug-likeness (QED) is 0.422. The minimum absolute atomic E-state index is 0.00333. The summed E-state index contributed by atoms with van der Waals surface area (Å²) in [5, 5.41) is 25.2. The molecule has 1 aliphatic heterocycles. The molecule has 1 amide bonds. The van der Waals surface area contributed by atoms with E-state index >= 15 is 0 Å². The first-order chi connectivity index (χ1) is 9.92. The van der Waals surface area contributed by atoms with E-state index in [1.807, 2.05) is 0 Å². The Morgan fingerprint density at radius 1 is 1.62 bits per heavy atom. The Bertz CT molecular complexity index is 677. The summed E-state index contributed by atoms with van der Waals surface area (Å²) in [5.74, 6) is 0.710. The summed E-state index contributed by atoms with van der Waals surface area (Å²) >= 11 is 0. The van der Waals surface area contributed by atoms with Crippen LogP contribution in [-0.4, -0.2) is 27.9 Å². The van der Waals surface area contributed by atoms with Crippen LogP contribution < -0.4 is 10.6 Å². The number of benzene rings is 1. The standard InChI is InChI=1S/C13H11N3O5/c1-2-3-8(13(18)19)14-10-6-9-7(5-12(17)15-9)4-11(10)16(20)21/h1,4,6,8,14H,3,5H2,(H,15,17)(H,18,19). The van der Waals surface area contributed by atoms with Gasteiger partial charge in [0.2, 0.25) is 5.91 Å². The fourth-order valence-electron chi connectivity index (χ4n) is 2.03. The number of anilines is 2. The Morgan fingerprint density at radius 3 is 2.90 bits per heavy atom. The van der Waals surface area contributed by atoms with Gasteiger partial charge in [0, 0.05) is 18.2 Å². The van der Waals surface area contributed by atoms with Crippen molar-refractivity contribution < 1.29 is 19.6 Å². The summed E-state index contributed by atoms with van der Waals surface area (Å²) < 4.78 is 0. The Morgan fingerprint density at radius 2 is 2.33 bits per heavy atom. The van der Waals surface area contributed by atoms with Gasteiger partial charge in [0.1, 0.15) is 11.7 Å². The van der Waals surface area contributed by atoms with E-state index in [-0.39, 0.29) is 30.1 Å². The minimum atomic E-state index is -1.22. The molecule has 0 saturated carbocycles. The van der Waals surface area contributed by atoms with E-state index in [0.29, 0.717) is 11.3 Å². The average molecular weight is 289 g/mol. The number of hydrogen-bond acceptors (Lipinski definition) is 5. The molecule has 0 saturated heterocycles. The average Bonchev–Trinajstić information content (AvgIpc) is 2.76. The predicted molar refractivity (Wildman–Crippen MR) is 73.9 cm³/mol. The molecule has 1 unspecified atom stereocenters. The number of terminal acetylenes is 1. The number of nitro benzene ring substituents is 1. The monoisotopic (exact) mass is 289 g/mol. The van der Waals surface area contributed by atoms with E-state index in [9.17, 15) is 19.7 Å². The third-order valence-corrected chi connectivity index (χ3v) is 2.99. The number of aliphatic carboxylic acids is 1. The summed E-state index contributed by atoms with van der Waals surface area (Å²) in [6.45, 7) is 0. The summed E-state index contributed by atoms with van der Waals surface area (Å²) in [4.78, 5) is 32.8. The summed E-state index contributed by atoms with van der Waals surface area (Å²) in [5.41, 5.74) is 0.635. The number of nitrogens with zero attached hydrogens (tertiary/aromatic N) is 1. The van der Waals surface area contributed by atoms with Crippen molar-refractivity contribution in [1.29, 1.82) is 0 Å². The molecule has 8 heteroatoms. The van der Waals surface area contributed by atoms with Gasteiger partial charge in [-0.2, -0.15) is 0 Å². The molecule has 108 valence electrons. The largest absolute Gasteiger partial charge is 0.480 e. The maximum atomic E-state index is 11.3. The van der Waals surface area contributed by atoms with E-state index in [4.69, 9.17) is 11.5 Å². The highest BCUT2D eigenvalue weighted by Crippen LogP contribution is 2.35. The first-order valence-corrected chi connectivity index (χ1v) is 5.96. The zero-order valence-electron chi connectivity index (χ0n) is 10.8. The molecule has 0 bridgehead atoms. The van der Waals surface area contributed by atoms with Crippen LogP contribution in [0.3, 0.4) is 0 Å². The Labute approximate surface area is 119 Å². The second-order valence-electron chi connectivity index (χ2n) is 4.45. The third kappa shape index (κ3) is 2.92. The maximum Gasteiger partial charge on any atom is 0.327 e. The van der Waals surface area contributed by atoms with Crippen LogP contribution in [0.2, 0.25) is 0 Å². The van der Waals surface area contributed by atoms with Crippen molar-refractivity contribution in [1.82, 2.24) is 0 Å². The van der Waals surface area contributed by atoms with E-state index in [2.05, 4.69) is 16.6 Å². The Kier molecular flexibility index (Phi) is 3.75. The third-order valence-electron chi connectivity index (χ3n) is 2.99. The molecule has 1 heterocycles. The van der Waals surface area contributed by atoms with Gasteiger partial charge < -0.3 is 15.7 Å². The highest BCUT2D eigenvalue weighted by molar-refractivity contribution is 6.00. The fraction of sp³-hybridized carbons (Fsp3) is 0.231. The SMILES string of the molecule is C#CCC(Nc1cc2c(cc1[N+](=O)[O-])CC(=O)N2)C(=O)O. The molecule has 1 aromatic carbocycles. The van der Waals surface area contributed by atoms with Crippen LogP contribution >= 0.6 is 0 Å². The second kappa shape index (κ2) is 5.50. The van der Waals surface area contributed by atoms with Crippen molar-refractivity contribution in [2.24, 2.45) is 0 Å². The Balaban J connectivity index is 2.40. The lowest BCUT2D eigenvalue weighted by Gasteiger charge is -2.14. The topological polar surface area (TPSA) is 122 Å². The number of nitro groups is 1. The number of carboxylic acid groups (broad SMARTS) is 1. The summed E-state index contributed by atoms with van der Waals surface area (Å²) in [6.07, 6.45) is 5.01. The predicted octanol–water partition coefficient (Wildman–Crippen LogP) is 0.978. The molecule has 21 heavy (non-hydrogen) atoms. The normalized spacial score (nSPS) is 13.8. The molecule has 0 aliphatic carbocycles. The highest BCUT2D eigenvalue weighted by atomic mass is 16.6. The Hall–Kier alpha value is -3.08. The van der Waals surface area contributed by atoms with Crippen molar-refractivity contribution in [2.75, 3.05) is 10.6 Å². The van der Waals surface area contributed by atoms with Crippen LogP contribution in [-0.2, 0) is 16.0 Å². The molecule has 1 aromatic rings. The number of fused-ring (bicyclic) bond motifs is 1. The maximum absolute atomic E-state index is 11.3. The van der Waals surface area contributed by atoms with E-state index < -0.39 is 16.9 Å². The zero-order valence-corrected chi connectivity index (χ0v) is 10.8. The van der Waals surface area contributed by atoms with Crippen molar-refractivity contribution in [3.63, 3.8) is 0 Å². The molecular formula is C13H11N3O5. The molecule has 3 N–H and O–H groups in total. The molecule has 0 spiro atoms. The summed E-state index contributed by atoms with van der Waals surface area (Å²) in [6, 6.07) is 1.46. The van der Waals surface area contributed by atoms with Crippen LogP contribution in [0.1, 0.15) is 12.0 Å². The zero-order chi connectivity index (χ0) is 15.6. The molecule has 0 aromatic heterocycles. The van der Waals surface area contributed by atoms with Gasteiger partial charge >= 0.3 is 5.97 Å². The smallest absolute Gasteiger partial charge is 0.327 e. The van der Waals surface area contributed by atoms with E-state index in [1.165, 1.54) is 12.1 Å². The number of rotatable bonds is 5. The van der Waals surface area contributed by atoms with E-state index in [1.54, 1.807) is 0 Å². The number of carboxylic acids is 1. The van der Waals surface area contributed by atoms with Crippen molar-refractivity contribution in [2.45, 2.75) is 18.9 Å². The van der Waals surface area contributed by atoms with Gasteiger partial charge in [-0.15, -0.1) is 12.3 Å². The fourth-order valence-corrected chi connectivity index (χ4v) is 2.03. The van der Waals surface area contributed by atoms with Crippen LogP contribution in [0.4, 0.5) is 17.1 Å². The molecule has 2 rings (SSSR count). The van der Waals surface area contributed by atoms with E-state index in [0.717, 1.165) is 0 Å². The van der Waals surface area contributed by atoms with Gasteiger partial charge in [0.05, 0.1) is 11.3 Å². The molecule has 0 fully saturated rings. The number of carbonyl (C=O) groups excluding carboxylic acids is 1. The number of hydrogen-bond donors (Lipinski definition) is 3. The van der Waals surface area contributed by atoms with Crippen LogP contribution in [0.25, 0.3) is 0 Å². The first kappa shape index (κ1) is 14.3. The van der Waals surface area contributed by atoms with Crippen LogP contribution in [0.5, 0.6) is 0 Å². The number of amides is 1. The minimum Gasteiger partial charge on any atom is -0.480 e. The molecule has 8 nitrogen and oxygen atoms in total. The molecular weight excluding hydrogens is 278 g/mol. The second-order valence-corrected chi connectivity index (χ2v) is 4.45. The lowest BCUT2D eigenvalue weighted by atomic mass is 10.1. The highest BCUT2D eigenvalue weighted by Gasteiger charge is 2.27. The summed E-state index contributed by atoms with van der Waals surface area (Å²) in [7, 11) is 0. The lowest BCUT2D eigenvalue weighted by Crippen LogP contribution is -2.29. The van der Waals surface area contributed by atoms with Gasteiger partial charge in [-0.3, -0.25) is 14.9 Å². The van der Waals surface area contributed by atoms with Crippen LogP contribution in [0, 0.1) is 22.5 Å². The number of carbonyl (C=O) groups is 2. The van der Waals surface area contributed by atoms with Crippen molar-refractivity contribution in [3.8, 4) is 12.3 Å². The van der Waals surface area contributed by atoms with Gasteiger partial charge in [-0.05, 0) is 11.6 Å². The van der Waals surface area contributed by atoms with Gasteiger partial charge in [-0.25, -0.2) is 4.79 Å².